The molecular weight excluding hydrogens is 258 g/mol. The molecule has 0 aliphatic rings. The quantitative estimate of drug-likeness (QED) is 0.808. The molecule has 0 aromatic heterocycles. The van der Waals surface area contributed by atoms with Gasteiger partial charge in [-0.05, 0) is 43.7 Å². The maximum absolute atomic E-state index is 12.3. The summed E-state index contributed by atoms with van der Waals surface area (Å²) in [6.45, 7) is 4.06. The number of benzene rings is 1. The molecule has 0 radical (unpaired) electrons. The molecule has 2 N–H and O–H groups in total. The molecule has 0 aliphatic heterocycles. The molecule has 1 atom stereocenters. The van der Waals surface area contributed by atoms with Crippen molar-refractivity contribution >= 4 is 17.7 Å². The van der Waals surface area contributed by atoms with Crippen molar-refractivity contribution in [2.24, 2.45) is 0 Å². The van der Waals surface area contributed by atoms with Crippen LogP contribution >= 0.6 is 11.8 Å². The standard InChI is InChI=1S/C15H23NO2S/c1-4-15(2,8-9-17)16-14(18)13-7-5-6-12(10-13)11-19-3/h5-7,10,17H,4,8-9,11H2,1-3H3,(H,16,18). The lowest BCUT2D eigenvalue weighted by atomic mass is 9.94. The Hall–Kier alpha value is -1.00. The van der Waals surface area contributed by atoms with Crippen molar-refractivity contribution in [3.63, 3.8) is 0 Å². The van der Waals surface area contributed by atoms with Crippen molar-refractivity contribution in [1.82, 2.24) is 5.32 Å². The second kappa shape index (κ2) is 7.56. The number of rotatable bonds is 7. The first-order valence-corrected chi connectivity index (χ1v) is 7.95. The van der Waals surface area contributed by atoms with Crippen molar-refractivity contribution in [3.05, 3.63) is 35.4 Å². The van der Waals surface area contributed by atoms with E-state index in [1.54, 1.807) is 11.8 Å². The van der Waals surface area contributed by atoms with Gasteiger partial charge < -0.3 is 10.4 Å². The Balaban J connectivity index is 2.79. The molecule has 1 aromatic carbocycles. The first-order valence-electron chi connectivity index (χ1n) is 6.56. The predicted octanol–water partition coefficient (Wildman–Crippen LogP) is 2.83. The summed E-state index contributed by atoms with van der Waals surface area (Å²) >= 11 is 1.74. The fourth-order valence-corrected chi connectivity index (χ4v) is 2.40. The minimum Gasteiger partial charge on any atom is -0.396 e. The van der Waals surface area contributed by atoms with Gasteiger partial charge in [0.15, 0.2) is 0 Å². The number of hydrogen-bond acceptors (Lipinski definition) is 3. The molecule has 0 aliphatic carbocycles. The van der Waals surface area contributed by atoms with Crippen LogP contribution in [-0.4, -0.2) is 29.4 Å². The molecule has 1 amide bonds. The number of aliphatic hydroxyl groups is 1. The molecule has 1 rings (SSSR count). The third kappa shape index (κ3) is 4.88. The summed E-state index contributed by atoms with van der Waals surface area (Å²) < 4.78 is 0. The van der Waals surface area contributed by atoms with Crippen molar-refractivity contribution in [2.45, 2.75) is 38.0 Å². The number of aliphatic hydroxyl groups excluding tert-OH is 1. The maximum atomic E-state index is 12.3. The van der Waals surface area contributed by atoms with Crippen LogP contribution in [0, 0.1) is 0 Å². The lowest BCUT2D eigenvalue weighted by Gasteiger charge is -2.29. The average Bonchev–Trinajstić information content (AvgIpc) is 2.39. The monoisotopic (exact) mass is 281 g/mol. The van der Waals surface area contributed by atoms with Gasteiger partial charge in [0, 0.05) is 23.5 Å². The summed E-state index contributed by atoms with van der Waals surface area (Å²) in [5, 5.41) is 12.1. The summed E-state index contributed by atoms with van der Waals surface area (Å²) in [6, 6.07) is 7.70. The smallest absolute Gasteiger partial charge is 0.251 e. The average molecular weight is 281 g/mol. The van der Waals surface area contributed by atoms with E-state index in [4.69, 9.17) is 5.11 Å². The number of carbonyl (C=O) groups excluding carboxylic acids is 1. The molecule has 3 nitrogen and oxygen atoms in total. The van der Waals surface area contributed by atoms with Gasteiger partial charge in [-0.1, -0.05) is 19.1 Å². The highest BCUT2D eigenvalue weighted by atomic mass is 32.2. The molecule has 0 fully saturated rings. The fraction of sp³-hybridized carbons (Fsp3) is 0.533. The number of carbonyl (C=O) groups is 1. The molecule has 0 bridgehead atoms. The molecular formula is C15H23NO2S. The largest absolute Gasteiger partial charge is 0.396 e. The van der Waals surface area contributed by atoms with Crippen LogP contribution in [0.1, 0.15) is 42.6 Å². The van der Waals surface area contributed by atoms with Crippen LogP contribution < -0.4 is 5.32 Å². The highest BCUT2D eigenvalue weighted by molar-refractivity contribution is 7.97. The van der Waals surface area contributed by atoms with Gasteiger partial charge in [0.1, 0.15) is 0 Å². The molecule has 19 heavy (non-hydrogen) atoms. The summed E-state index contributed by atoms with van der Waals surface area (Å²) in [7, 11) is 0. The van der Waals surface area contributed by atoms with Crippen LogP contribution in [0.15, 0.2) is 24.3 Å². The third-order valence-corrected chi connectivity index (χ3v) is 3.98. The second-order valence-corrected chi connectivity index (χ2v) is 5.84. The van der Waals surface area contributed by atoms with Crippen molar-refractivity contribution in [2.75, 3.05) is 12.9 Å². The number of amides is 1. The minimum absolute atomic E-state index is 0.0687. The topological polar surface area (TPSA) is 49.3 Å². The highest BCUT2D eigenvalue weighted by Gasteiger charge is 2.24. The summed E-state index contributed by atoms with van der Waals surface area (Å²) in [5.74, 6) is 0.837. The Morgan fingerprint density at radius 3 is 2.79 bits per heavy atom. The van der Waals surface area contributed by atoms with E-state index >= 15 is 0 Å². The molecule has 1 unspecified atom stereocenters. The van der Waals surface area contributed by atoms with Gasteiger partial charge in [0.25, 0.3) is 5.91 Å². The van der Waals surface area contributed by atoms with E-state index in [1.807, 2.05) is 44.4 Å². The first kappa shape index (κ1) is 16.1. The Morgan fingerprint density at radius 1 is 1.47 bits per heavy atom. The van der Waals surface area contributed by atoms with E-state index in [0.717, 1.165) is 17.7 Å². The van der Waals surface area contributed by atoms with Gasteiger partial charge in [0.2, 0.25) is 0 Å². The maximum Gasteiger partial charge on any atom is 0.251 e. The SMILES string of the molecule is CCC(C)(CCO)NC(=O)c1cccc(CSC)c1. The number of thioether (sulfide) groups is 1. The lowest BCUT2D eigenvalue weighted by Crippen LogP contribution is -2.46. The Kier molecular flexibility index (Phi) is 6.38. The van der Waals surface area contributed by atoms with Crippen LogP contribution in [0.25, 0.3) is 0 Å². The van der Waals surface area contributed by atoms with Gasteiger partial charge in [-0.15, -0.1) is 0 Å². The van der Waals surface area contributed by atoms with E-state index in [9.17, 15) is 4.79 Å². The minimum atomic E-state index is -0.346. The Bertz CT molecular complexity index is 422. The highest BCUT2D eigenvalue weighted by Crippen LogP contribution is 2.16. The first-order chi connectivity index (χ1) is 9.04. The van der Waals surface area contributed by atoms with E-state index < -0.39 is 0 Å². The normalized spacial score (nSPS) is 13.9. The predicted molar refractivity (Wildman–Crippen MR) is 81.5 cm³/mol. The lowest BCUT2D eigenvalue weighted by molar-refractivity contribution is 0.0886. The van der Waals surface area contributed by atoms with Crippen LogP contribution in [0.5, 0.6) is 0 Å². The van der Waals surface area contributed by atoms with Crippen LogP contribution in [0.2, 0.25) is 0 Å². The van der Waals surface area contributed by atoms with E-state index in [0.29, 0.717) is 12.0 Å². The Labute approximate surface area is 119 Å². The molecule has 1 aromatic rings. The zero-order chi connectivity index (χ0) is 14.3. The van der Waals surface area contributed by atoms with Gasteiger partial charge in [-0.2, -0.15) is 11.8 Å². The van der Waals surface area contributed by atoms with Gasteiger partial charge >= 0.3 is 0 Å². The van der Waals surface area contributed by atoms with Crippen LogP contribution in [0.4, 0.5) is 0 Å². The molecule has 4 heteroatoms. The van der Waals surface area contributed by atoms with Gasteiger partial charge in [-0.25, -0.2) is 0 Å². The molecule has 0 spiro atoms. The fourth-order valence-electron chi connectivity index (χ4n) is 1.89. The zero-order valence-corrected chi connectivity index (χ0v) is 12.7. The zero-order valence-electron chi connectivity index (χ0n) is 11.9. The van der Waals surface area contributed by atoms with Gasteiger partial charge in [-0.3, -0.25) is 4.79 Å². The van der Waals surface area contributed by atoms with Crippen molar-refractivity contribution in [3.8, 4) is 0 Å². The molecule has 0 heterocycles. The molecule has 106 valence electrons. The van der Waals surface area contributed by atoms with Gasteiger partial charge in [0.05, 0.1) is 0 Å². The summed E-state index contributed by atoms with van der Waals surface area (Å²) in [4.78, 5) is 12.3. The number of nitrogens with one attached hydrogen (secondary N) is 1. The van der Waals surface area contributed by atoms with E-state index in [-0.39, 0.29) is 18.1 Å². The van der Waals surface area contributed by atoms with E-state index in [1.165, 1.54) is 0 Å². The second-order valence-electron chi connectivity index (χ2n) is 4.98. The molecule has 0 saturated carbocycles. The number of hydrogen-bond donors (Lipinski definition) is 2. The van der Waals surface area contributed by atoms with Crippen molar-refractivity contribution < 1.29 is 9.90 Å². The molecule has 0 saturated heterocycles. The summed E-state index contributed by atoms with van der Waals surface area (Å²) in [5.41, 5.74) is 1.49. The van der Waals surface area contributed by atoms with E-state index in [2.05, 4.69) is 5.32 Å². The third-order valence-electron chi connectivity index (χ3n) is 3.36. The van der Waals surface area contributed by atoms with Crippen LogP contribution in [-0.2, 0) is 5.75 Å². The Morgan fingerprint density at radius 2 is 2.21 bits per heavy atom. The summed E-state index contributed by atoms with van der Waals surface area (Å²) in [6.07, 6.45) is 3.41. The van der Waals surface area contributed by atoms with Crippen molar-refractivity contribution in [1.29, 1.82) is 0 Å². The van der Waals surface area contributed by atoms with Crippen LogP contribution in [0.3, 0.4) is 0 Å².